The topological polar surface area (TPSA) is 46.9 Å². The summed E-state index contributed by atoms with van der Waals surface area (Å²) in [5.41, 5.74) is 2.04. The van der Waals surface area contributed by atoms with Gasteiger partial charge in [-0.3, -0.25) is 9.48 Å². The van der Waals surface area contributed by atoms with Gasteiger partial charge in [0.1, 0.15) is 0 Å². The second kappa shape index (κ2) is 7.04. The highest BCUT2D eigenvalue weighted by molar-refractivity contribution is 5.94. The molecule has 1 N–H and O–H groups in total. The highest BCUT2D eigenvalue weighted by Gasteiger charge is 2.10. The molecule has 1 heterocycles. The lowest BCUT2D eigenvalue weighted by molar-refractivity contribution is 0.0950. The van der Waals surface area contributed by atoms with Crippen molar-refractivity contribution in [2.45, 2.75) is 13.1 Å². The van der Waals surface area contributed by atoms with Crippen molar-refractivity contribution in [3.05, 3.63) is 89.2 Å². The molecular formula is C18H15F2N3O. The number of benzene rings is 2. The molecule has 0 aliphatic heterocycles. The Hall–Kier alpha value is -3.02. The lowest BCUT2D eigenvalue weighted by atomic mass is 10.1. The number of aromatic nitrogens is 2. The zero-order valence-corrected chi connectivity index (χ0v) is 12.7. The van der Waals surface area contributed by atoms with Gasteiger partial charge >= 0.3 is 0 Å². The Balaban J connectivity index is 1.70. The predicted octanol–water partition coefficient (Wildman–Crippen LogP) is 3.14. The van der Waals surface area contributed by atoms with Gasteiger partial charge in [-0.05, 0) is 35.4 Å². The van der Waals surface area contributed by atoms with Crippen molar-refractivity contribution in [3.63, 3.8) is 0 Å². The van der Waals surface area contributed by atoms with Crippen molar-refractivity contribution >= 4 is 5.91 Å². The lowest BCUT2D eigenvalue weighted by Gasteiger charge is -2.11. The molecule has 0 fully saturated rings. The van der Waals surface area contributed by atoms with E-state index >= 15 is 0 Å². The van der Waals surface area contributed by atoms with Gasteiger partial charge in [0.25, 0.3) is 5.91 Å². The van der Waals surface area contributed by atoms with Gasteiger partial charge in [0, 0.05) is 24.5 Å². The molecule has 0 aliphatic rings. The normalized spacial score (nSPS) is 10.6. The molecule has 0 bridgehead atoms. The largest absolute Gasteiger partial charge is 0.348 e. The fraction of sp³-hybridized carbons (Fsp3) is 0.111. The minimum Gasteiger partial charge on any atom is -0.348 e. The highest BCUT2D eigenvalue weighted by atomic mass is 19.2. The van der Waals surface area contributed by atoms with Gasteiger partial charge in [0.05, 0.1) is 6.54 Å². The molecule has 0 unspecified atom stereocenters. The number of halogens is 2. The van der Waals surface area contributed by atoms with Crippen molar-refractivity contribution in [2.75, 3.05) is 0 Å². The zero-order chi connectivity index (χ0) is 16.9. The molecule has 3 rings (SSSR count). The summed E-state index contributed by atoms with van der Waals surface area (Å²) in [6.07, 6.45) is 3.56. The number of carbonyl (C=O) groups excluding carboxylic acids is 1. The van der Waals surface area contributed by atoms with E-state index < -0.39 is 17.5 Å². The highest BCUT2D eigenvalue weighted by Crippen LogP contribution is 2.12. The maximum Gasteiger partial charge on any atom is 0.251 e. The zero-order valence-electron chi connectivity index (χ0n) is 12.7. The van der Waals surface area contributed by atoms with Gasteiger partial charge in [0.15, 0.2) is 11.6 Å². The Morgan fingerprint density at radius 2 is 1.83 bits per heavy atom. The summed E-state index contributed by atoms with van der Waals surface area (Å²) in [6.45, 7) is 0.874. The van der Waals surface area contributed by atoms with E-state index in [4.69, 9.17) is 0 Å². The van der Waals surface area contributed by atoms with Crippen LogP contribution < -0.4 is 5.32 Å². The van der Waals surface area contributed by atoms with Gasteiger partial charge in [-0.25, -0.2) is 8.78 Å². The van der Waals surface area contributed by atoms with Crippen molar-refractivity contribution in [1.82, 2.24) is 15.1 Å². The number of nitrogens with one attached hydrogen (secondary N) is 1. The Morgan fingerprint density at radius 1 is 1.04 bits per heavy atom. The molecule has 6 heteroatoms. The molecule has 3 aromatic rings. The molecular weight excluding hydrogens is 312 g/mol. The Morgan fingerprint density at radius 3 is 2.54 bits per heavy atom. The van der Waals surface area contributed by atoms with Crippen LogP contribution in [0.5, 0.6) is 0 Å². The quantitative estimate of drug-likeness (QED) is 0.782. The molecule has 0 saturated heterocycles. The number of amides is 1. The lowest BCUT2D eigenvalue weighted by Crippen LogP contribution is -2.23. The smallest absolute Gasteiger partial charge is 0.251 e. The fourth-order valence-corrected chi connectivity index (χ4v) is 2.37. The van der Waals surface area contributed by atoms with E-state index in [0.717, 1.165) is 23.3 Å². The number of hydrogen-bond donors (Lipinski definition) is 1. The third kappa shape index (κ3) is 3.65. The van der Waals surface area contributed by atoms with Gasteiger partial charge in [0.2, 0.25) is 0 Å². The number of nitrogens with zero attached hydrogens (tertiary/aromatic N) is 2. The summed E-state index contributed by atoms with van der Waals surface area (Å²) in [4.78, 5) is 12.1. The molecule has 24 heavy (non-hydrogen) atoms. The first-order chi connectivity index (χ1) is 11.6. The summed E-state index contributed by atoms with van der Waals surface area (Å²) >= 11 is 0. The summed E-state index contributed by atoms with van der Waals surface area (Å²) in [7, 11) is 0. The standard InChI is InChI=1S/C18H15F2N3O/c19-16-7-6-13(10-17(16)20)18(24)21-11-14-4-1-2-5-15(14)12-23-9-3-8-22-23/h1-10H,11-12H2,(H,21,24). The van der Waals surface area contributed by atoms with Crippen LogP contribution in [0.3, 0.4) is 0 Å². The van der Waals surface area contributed by atoms with Gasteiger partial charge in [-0.15, -0.1) is 0 Å². The molecule has 0 atom stereocenters. The van der Waals surface area contributed by atoms with E-state index in [1.54, 1.807) is 10.9 Å². The average Bonchev–Trinajstić information content (AvgIpc) is 3.09. The van der Waals surface area contributed by atoms with Crippen molar-refractivity contribution in [1.29, 1.82) is 0 Å². The molecule has 0 saturated carbocycles. The number of carbonyl (C=O) groups is 1. The fourth-order valence-electron chi connectivity index (χ4n) is 2.37. The van der Waals surface area contributed by atoms with Crippen LogP contribution in [-0.2, 0) is 13.1 Å². The first kappa shape index (κ1) is 15.9. The van der Waals surface area contributed by atoms with Crippen LogP contribution in [0.4, 0.5) is 8.78 Å². The van der Waals surface area contributed by atoms with E-state index in [2.05, 4.69) is 10.4 Å². The SMILES string of the molecule is O=C(NCc1ccccc1Cn1cccn1)c1ccc(F)c(F)c1. The van der Waals surface area contributed by atoms with Crippen LogP contribution in [0.1, 0.15) is 21.5 Å². The van der Waals surface area contributed by atoms with Crippen LogP contribution in [0.25, 0.3) is 0 Å². The molecule has 1 amide bonds. The van der Waals surface area contributed by atoms with Gasteiger partial charge in [-0.1, -0.05) is 24.3 Å². The minimum absolute atomic E-state index is 0.0819. The number of rotatable bonds is 5. The third-order valence-electron chi connectivity index (χ3n) is 3.63. The first-order valence-electron chi connectivity index (χ1n) is 7.41. The van der Waals surface area contributed by atoms with E-state index in [1.807, 2.05) is 36.5 Å². The summed E-state index contributed by atoms with van der Waals surface area (Å²) in [5.74, 6) is -2.47. The van der Waals surface area contributed by atoms with Crippen molar-refractivity contribution < 1.29 is 13.6 Å². The Labute approximate surface area is 137 Å². The van der Waals surface area contributed by atoms with E-state index in [0.29, 0.717) is 6.54 Å². The van der Waals surface area contributed by atoms with Crippen LogP contribution in [-0.4, -0.2) is 15.7 Å². The molecule has 0 aliphatic carbocycles. The molecule has 0 radical (unpaired) electrons. The van der Waals surface area contributed by atoms with Crippen LogP contribution in [0.15, 0.2) is 60.9 Å². The maximum atomic E-state index is 13.2. The molecule has 1 aromatic heterocycles. The monoisotopic (exact) mass is 327 g/mol. The first-order valence-corrected chi connectivity index (χ1v) is 7.41. The Kier molecular flexibility index (Phi) is 4.65. The molecule has 122 valence electrons. The average molecular weight is 327 g/mol. The third-order valence-corrected chi connectivity index (χ3v) is 3.63. The van der Waals surface area contributed by atoms with Crippen LogP contribution in [0, 0.1) is 11.6 Å². The van der Waals surface area contributed by atoms with E-state index in [9.17, 15) is 13.6 Å². The molecule has 0 spiro atoms. The summed E-state index contributed by atoms with van der Waals surface area (Å²) < 4.78 is 27.9. The molecule has 4 nitrogen and oxygen atoms in total. The minimum atomic E-state index is -1.04. The van der Waals surface area contributed by atoms with Crippen molar-refractivity contribution in [2.24, 2.45) is 0 Å². The van der Waals surface area contributed by atoms with E-state index in [-0.39, 0.29) is 12.1 Å². The summed E-state index contributed by atoms with van der Waals surface area (Å²) in [6, 6.07) is 12.6. The predicted molar refractivity (Wildman–Crippen MR) is 85.3 cm³/mol. The van der Waals surface area contributed by atoms with Crippen LogP contribution in [0.2, 0.25) is 0 Å². The van der Waals surface area contributed by atoms with Gasteiger partial charge < -0.3 is 5.32 Å². The second-order valence-corrected chi connectivity index (χ2v) is 5.28. The maximum absolute atomic E-state index is 13.2. The van der Waals surface area contributed by atoms with E-state index in [1.165, 1.54) is 6.07 Å². The van der Waals surface area contributed by atoms with Crippen LogP contribution >= 0.6 is 0 Å². The molecule has 2 aromatic carbocycles. The number of hydrogen-bond acceptors (Lipinski definition) is 2. The van der Waals surface area contributed by atoms with Gasteiger partial charge in [-0.2, -0.15) is 5.10 Å². The second-order valence-electron chi connectivity index (χ2n) is 5.28. The Bertz CT molecular complexity index is 847. The van der Waals surface area contributed by atoms with Crippen molar-refractivity contribution in [3.8, 4) is 0 Å². The summed E-state index contributed by atoms with van der Waals surface area (Å²) in [5, 5.41) is 6.89.